The van der Waals surface area contributed by atoms with Crippen molar-refractivity contribution in [3.05, 3.63) is 39.9 Å². The molecule has 0 saturated heterocycles. The second-order valence-corrected chi connectivity index (χ2v) is 2.90. The van der Waals surface area contributed by atoms with E-state index in [1.54, 1.807) is 0 Å². The molecule has 1 aromatic carbocycles. The molecule has 0 aliphatic heterocycles. The minimum absolute atomic E-state index is 0. The quantitative estimate of drug-likeness (QED) is 0.196. The number of aliphatic carboxylic acids is 1. The topological polar surface area (TPSA) is 116 Å². The Morgan fingerprint density at radius 1 is 1.41 bits per heavy atom. The van der Waals surface area contributed by atoms with Gasteiger partial charge in [-0.3, -0.25) is 10.1 Å². The molecule has 0 atom stereocenters. The number of carbonyl (C=O) groups excluding carboxylic acids is 1. The predicted molar refractivity (Wildman–Crippen MR) is 51.0 cm³/mol. The van der Waals surface area contributed by atoms with Crippen molar-refractivity contribution in [1.82, 2.24) is 0 Å². The molecule has 0 aliphatic carbocycles. The number of nitrogens with zero attached hydrogens (tertiary/aromatic N) is 2. The van der Waals surface area contributed by atoms with Crippen LogP contribution in [0.2, 0.25) is 0 Å². The fourth-order valence-electron chi connectivity index (χ4n) is 1.17. The van der Waals surface area contributed by atoms with E-state index in [2.05, 4.69) is 5.16 Å². The van der Waals surface area contributed by atoms with E-state index in [0.29, 0.717) is 0 Å². The van der Waals surface area contributed by atoms with Crippen molar-refractivity contribution in [2.75, 3.05) is 0 Å². The van der Waals surface area contributed by atoms with Gasteiger partial charge in [-0.15, -0.1) is 0 Å². The third-order valence-electron chi connectivity index (χ3n) is 1.90. The molecule has 0 aliphatic rings. The normalized spacial score (nSPS) is 10.5. The maximum Gasteiger partial charge on any atom is 1.00 e. The number of carboxylic acid groups (broad SMARTS) is 1. The maximum atomic E-state index is 10.6. The number of hydrogen-bond donors (Lipinski definition) is 1. The Morgan fingerprint density at radius 2 is 2.00 bits per heavy atom. The van der Waals surface area contributed by atoms with E-state index in [9.17, 15) is 20.0 Å². The van der Waals surface area contributed by atoms with Gasteiger partial charge in [-0.25, -0.2) is 0 Å². The number of nitro groups is 1. The number of hydrogen-bond acceptors (Lipinski definition) is 6. The summed E-state index contributed by atoms with van der Waals surface area (Å²) in [5.74, 6) is -1.67. The fourth-order valence-corrected chi connectivity index (χ4v) is 1.17. The van der Waals surface area contributed by atoms with Crippen molar-refractivity contribution >= 4 is 17.4 Å². The maximum absolute atomic E-state index is 10.6. The minimum atomic E-state index is -1.67. The van der Waals surface area contributed by atoms with E-state index < -0.39 is 16.6 Å². The van der Waals surface area contributed by atoms with E-state index >= 15 is 0 Å². The third kappa shape index (κ3) is 4.14. The molecule has 1 N–H and O–H groups in total. The van der Waals surface area contributed by atoms with Gasteiger partial charge in [-0.2, -0.15) is 0 Å². The molecule has 1 aromatic rings. The molecule has 0 fully saturated rings. The first-order valence-electron chi connectivity index (χ1n) is 4.21. The zero-order valence-corrected chi connectivity index (χ0v) is 11.0. The van der Waals surface area contributed by atoms with Crippen molar-refractivity contribution in [2.24, 2.45) is 5.16 Å². The molecular formula is C9H7N2NaO5. The van der Waals surface area contributed by atoms with Crippen molar-refractivity contribution < 1.29 is 49.6 Å². The van der Waals surface area contributed by atoms with Crippen LogP contribution in [0.15, 0.2) is 29.4 Å². The molecule has 0 saturated carbocycles. The summed E-state index contributed by atoms with van der Waals surface area (Å²) in [6.07, 6.45) is -0.365. The van der Waals surface area contributed by atoms with Gasteiger partial charge in [0.15, 0.2) is 0 Å². The second kappa shape index (κ2) is 7.00. The Bertz CT molecular complexity index is 460. The molecule has 17 heavy (non-hydrogen) atoms. The van der Waals surface area contributed by atoms with Gasteiger partial charge in [0.1, 0.15) is 5.71 Å². The summed E-state index contributed by atoms with van der Waals surface area (Å²) in [6.45, 7) is 0. The van der Waals surface area contributed by atoms with Crippen LogP contribution in [-0.4, -0.2) is 21.8 Å². The molecule has 1 rings (SSSR count). The molecule has 7 nitrogen and oxygen atoms in total. The number of oxime groups is 1. The molecule has 8 heteroatoms. The number of para-hydroxylation sites is 1. The van der Waals surface area contributed by atoms with E-state index in [1.807, 2.05) is 0 Å². The third-order valence-corrected chi connectivity index (χ3v) is 1.90. The SMILES string of the molecule is O=C([O-])/C(Cc1ccccc1[N+](=O)[O-])=N/O.[Na+]. The second-order valence-electron chi connectivity index (χ2n) is 2.90. The van der Waals surface area contributed by atoms with Crippen LogP contribution in [0, 0.1) is 10.1 Å². The van der Waals surface area contributed by atoms with Crippen LogP contribution in [0.5, 0.6) is 0 Å². The molecule has 0 amide bonds. The van der Waals surface area contributed by atoms with Crippen molar-refractivity contribution in [2.45, 2.75) is 6.42 Å². The van der Waals surface area contributed by atoms with Crippen molar-refractivity contribution in [1.29, 1.82) is 0 Å². The number of carbonyl (C=O) groups is 1. The monoisotopic (exact) mass is 246 g/mol. The van der Waals surface area contributed by atoms with Crippen LogP contribution < -0.4 is 34.7 Å². The summed E-state index contributed by atoms with van der Waals surface area (Å²) in [6, 6.07) is 5.59. The summed E-state index contributed by atoms with van der Waals surface area (Å²) in [5, 5.41) is 31.9. The van der Waals surface area contributed by atoms with E-state index in [1.165, 1.54) is 24.3 Å². The average Bonchev–Trinajstić information content (AvgIpc) is 2.25. The first kappa shape index (κ1) is 15.6. The van der Waals surface area contributed by atoms with Gasteiger partial charge < -0.3 is 15.1 Å². The van der Waals surface area contributed by atoms with Crippen LogP contribution in [0.1, 0.15) is 5.56 Å². The molecule has 0 heterocycles. The van der Waals surface area contributed by atoms with Gasteiger partial charge in [0, 0.05) is 18.1 Å². The molecule has 0 radical (unpaired) electrons. The molecule has 0 bridgehead atoms. The fraction of sp³-hybridized carbons (Fsp3) is 0.111. The largest absolute Gasteiger partial charge is 1.00 e. The van der Waals surface area contributed by atoms with E-state index in [0.717, 1.165) is 0 Å². The number of carboxylic acids is 1. The smallest absolute Gasteiger partial charge is 0.543 e. The predicted octanol–water partition coefficient (Wildman–Crippen LogP) is -3.28. The van der Waals surface area contributed by atoms with E-state index in [-0.39, 0.29) is 47.2 Å². The summed E-state index contributed by atoms with van der Waals surface area (Å²) >= 11 is 0. The number of rotatable bonds is 4. The zero-order chi connectivity index (χ0) is 12.1. The van der Waals surface area contributed by atoms with Gasteiger partial charge in [-0.1, -0.05) is 23.4 Å². The Labute approximate surface area is 118 Å². The van der Waals surface area contributed by atoms with Gasteiger partial charge in [0.2, 0.25) is 0 Å². The van der Waals surface area contributed by atoms with Gasteiger partial charge >= 0.3 is 29.6 Å². The van der Waals surface area contributed by atoms with Gasteiger partial charge in [0.25, 0.3) is 5.69 Å². The summed E-state index contributed by atoms with van der Waals surface area (Å²) in [7, 11) is 0. The molecule has 0 aromatic heterocycles. The van der Waals surface area contributed by atoms with Crippen LogP contribution in [0.3, 0.4) is 0 Å². The van der Waals surface area contributed by atoms with Crippen molar-refractivity contribution in [3.63, 3.8) is 0 Å². The minimum Gasteiger partial charge on any atom is -0.543 e. The summed E-state index contributed by atoms with van der Waals surface area (Å²) in [4.78, 5) is 20.4. The van der Waals surface area contributed by atoms with Gasteiger partial charge in [-0.05, 0) is 0 Å². The molecule has 84 valence electrons. The molecular weight excluding hydrogens is 239 g/mol. The number of nitro benzene ring substituents is 1. The number of benzene rings is 1. The molecule has 0 unspecified atom stereocenters. The first-order chi connectivity index (χ1) is 7.56. The van der Waals surface area contributed by atoms with Crippen LogP contribution >= 0.6 is 0 Å². The standard InChI is InChI=1S/C9H8N2O5.Na/c12-9(13)7(10-14)5-6-3-1-2-4-8(6)11(15)16;/h1-4,14H,5H2,(H,12,13);/q;+1/p-1/b10-7+;. The van der Waals surface area contributed by atoms with Crippen LogP contribution in [0.25, 0.3) is 0 Å². The summed E-state index contributed by atoms with van der Waals surface area (Å²) in [5.41, 5.74) is -0.747. The van der Waals surface area contributed by atoms with Crippen molar-refractivity contribution in [3.8, 4) is 0 Å². The van der Waals surface area contributed by atoms with Gasteiger partial charge in [0.05, 0.1) is 10.9 Å². The molecule has 0 spiro atoms. The van der Waals surface area contributed by atoms with E-state index in [4.69, 9.17) is 5.21 Å². The zero-order valence-electron chi connectivity index (χ0n) is 8.99. The average molecular weight is 246 g/mol. The Morgan fingerprint density at radius 3 is 2.47 bits per heavy atom. The summed E-state index contributed by atoms with van der Waals surface area (Å²) < 4.78 is 0. The Hall–Kier alpha value is -1.44. The van der Waals surface area contributed by atoms with Crippen LogP contribution in [-0.2, 0) is 11.2 Å². The first-order valence-corrected chi connectivity index (χ1v) is 4.21. The Balaban J connectivity index is 0.00000256. The van der Waals surface area contributed by atoms with Crippen LogP contribution in [0.4, 0.5) is 5.69 Å². The Kier molecular flexibility index (Phi) is 6.40.